The lowest BCUT2D eigenvalue weighted by Crippen LogP contribution is -2.38. The Morgan fingerprint density at radius 2 is 1.90 bits per heavy atom. The highest BCUT2D eigenvalue weighted by Gasteiger charge is 2.30. The zero-order valence-electron chi connectivity index (χ0n) is 12.3. The second-order valence-electron chi connectivity index (χ2n) is 5.86. The van der Waals surface area contributed by atoms with Crippen LogP contribution in [0, 0.1) is 0 Å². The van der Waals surface area contributed by atoms with Crippen LogP contribution in [0.15, 0.2) is 24.3 Å². The molecule has 0 saturated heterocycles. The van der Waals surface area contributed by atoms with Gasteiger partial charge in [-0.25, -0.2) is 0 Å². The molecule has 3 rings (SSSR count). The van der Waals surface area contributed by atoms with Gasteiger partial charge in [0.15, 0.2) is 5.11 Å². The van der Waals surface area contributed by atoms with E-state index in [4.69, 9.17) is 12.2 Å². The quantitative estimate of drug-likeness (QED) is 0.817. The van der Waals surface area contributed by atoms with Gasteiger partial charge in [0.1, 0.15) is 0 Å². The van der Waals surface area contributed by atoms with Gasteiger partial charge in [-0.05, 0) is 55.6 Å². The number of carbonyl (C=O) groups is 1. The molecule has 2 N–H and O–H groups in total. The Bertz CT molecular complexity index is 535. The summed E-state index contributed by atoms with van der Waals surface area (Å²) < 4.78 is 0. The fourth-order valence-electron chi connectivity index (χ4n) is 2.35. The number of amides is 1. The van der Waals surface area contributed by atoms with Gasteiger partial charge in [0, 0.05) is 31.2 Å². The smallest absolute Gasteiger partial charge is 0.251 e. The standard InChI is InChI=1S/C16H21N3OS/c1-17-16(21)19(14-8-9-14)10-11-2-4-12(5-3-11)15(20)18-13-6-7-13/h2-5,13-14H,6-10H2,1H3,(H,17,21)(H,18,20). The van der Waals surface area contributed by atoms with E-state index in [0.717, 1.165) is 30.1 Å². The summed E-state index contributed by atoms with van der Waals surface area (Å²) >= 11 is 5.36. The van der Waals surface area contributed by atoms with Crippen molar-refractivity contribution in [2.75, 3.05) is 7.05 Å². The first-order valence-corrected chi connectivity index (χ1v) is 7.96. The van der Waals surface area contributed by atoms with Gasteiger partial charge in [-0.2, -0.15) is 0 Å². The first-order valence-electron chi connectivity index (χ1n) is 7.55. The number of benzene rings is 1. The van der Waals surface area contributed by atoms with Gasteiger partial charge < -0.3 is 15.5 Å². The molecule has 0 atom stereocenters. The highest BCUT2D eigenvalue weighted by Crippen LogP contribution is 2.28. The molecule has 0 spiro atoms. The molecule has 0 heterocycles. The van der Waals surface area contributed by atoms with Crippen LogP contribution in [-0.4, -0.2) is 35.1 Å². The summed E-state index contributed by atoms with van der Waals surface area (Å²) in [6.45, 7) is 0.800. The van der Waals surface area contributed by atoms with Crippen LogP contribution >= 0.6 is 12.2 Å². The maximum Gasteiger partial charge on any atom is 0.251 e. The maximum atomic E-state index is 11.9. The fraction of sp³-hybridized carbons (Fsp3) is 0.500. The van der Waals surface area contributed by atoms with Crippen molar-refractivity contribution in [3.63, 3.8) is 0 Å². The zero-order chi connectivity index (χ0) is 14.8. The molecule has 2 aliphatic carbocycles. The number of rotatable bonds is 5. The van der Waals surface area contributed by atoms with Crippen molar-refractivity contribution in [3.05, 3.63) is 35.4 Å². The van der Waals surface area contributed by atoms with Crippen molar-refractivity contribution >= 4 is 23.2 Å². The predicted molar refractivity (Wildman–Crippen MR) is 87.2 cm³/mol. The average molecular weight is 303 g/mol. The van der Waals surface area contributed by atoms with E-state index in [1.807, 2.05) is 31.3 Å². The molecule has 112 valence electrons. The minimum atomic E-state index is 0.0360. The monoisotopic (exact) mass is 303 g/mol. The molecule has 0 unspecified atom stereocenters. The van der Waals surface area contributed by atoms with E-state index < -0.39 is 0 Å². The van der Waals surface area contributed by atoms with Gasteiger partial charge in [0.25, 0.3) is 5.91 Å². The minimum Gasteiger partial charge on any atom is -0.366 e. The number of nitrogens with one attached hydrogen (secondary N) is 2. The topological polar surface area (TPSA) is 44.4 Å². The van der Waals surface area contributed by atoms with Crippen molar-refractivity contribution in [2.45, 2.75) is 44.3 Å². The first-order chi connectivity index (χ1) is 10.2. The van der Waals surface area contributed by atoms with E-state index in [1.165, 1.54) is 18.4 Å². The molecule has 1 aromatic carbocycles. The van der Waals surface area contributed by atoms with Gasteiger partial charge in [-0.3, -0.25) is 4.79 Å². The summed E-state index contributed by atoms with van der Waals surface area (Å²) in [6.07, 6.45) is 4.65. The molecule has 0 bridgehead atoms. The van der Waals surface area contributed by atoms with E-state index >= 15 is 0 Å². The van der Waals surface area contributed by atoms with Crippen LogP contribution in [0.1, 0.15) is 41.6 Å². The van der Waals surface area contributed by atoms with Gasteiger partial charge in [-0.1, -0.05) is 12.1 Å². The second kappa shape index (κ2) is 6.02. The molecule has 0 aliphatic heterocycles. The third-order valence-corrected chi connectivity index (χ3v) is 4.38. The van der Waals surface area contributed by atoms with Gasteiger partial charge in [0.05, 0.1) is 0 Å². The summed E-state index contributed by atoms with van der Waals surface area (Å²) in [6, 6.07) is 8.82. The molecule has 2 fully saturated rings. The molecule has 21 heavy (non-hydrogen) atoms. The SMILES string of the molecule is CNC(=S)N(Cc1ccc(C(=O)NC2CC2)cc1)C1CC1. The molecular formula is C16H21N3OS. The first kappa shape index (κ1) is 14.3. The Labute approximate surface area is 130 Å². The Hall–Kier alpha value is -1.62. The number of hydrogen-bond donors (Lipinski definition) is 2. The van der Waals surface area contributed by atoms with Gasteiger partial charge in [0.2, 0.25) is 0 Å². The van der Waals surface area contributed by atoms with Crippen molar-refractivity contribution in [1.82, 2.24) is 15.5 Å². The molecule has 4 nitrogen and oxygen atoms in total. The van der Waals surface area contributed by atoms with E-state index in [1.54, 1.807) is 0 Å². The summed E-state index contributed by atoms with van der Waals surface area (Å²) in [7, 11) is 1.86. The highest BCUT2D eigenvalue weighted by molar-refractivity contribution is 7.80. The Kier molecular flexibility index (Phi) is 4.10. The highest BCUT2D eigenvalue weighted by atomic mass is 32.1. The largest absolute Gasteiger partial charge is 0.366 e. The Morgan fingerprint density at radius 1 is 1.24 bits per heavy atom. The van der Waals surface area contributed by atoms with Crippen LogP contribution in [0.5, 0.6) is 0 Å². The van der Waals surface area contributed by atoms with Crippen molar-refractivity contribution < 1.29 is 4.79 Å². The lowest BCUT2D eigenvalue weighted by atomic mass is 10.1. The lowest BCUT2D eigenvalue weighted by molar-refractivity contribution is 0.0951. The molecule has 0 aromatic heterocycles. The predicted octanol–water partition coefficient (Wildman–Crippen LogP) is 2.05. The normalized spacial score (nSPS) is 17.2. The van der Waals surface area contributed by atoms with Gasteiger partial charge >= 0.3 is 0 Å². The Balaban J connectivity index is 1.62. The summed E-state index contributed by atoms with van der Waals surface area (Å²) in [5.41, 5.74) is 1.92. The van der Waals surface area contributed by atoms with Crippen LogP contribution in [0.4, 0.5) is 0 Å². The lowest BCUT2D eigenvalue weighted by Gasteiger charge is -2.24. The van der Waals surface area contributed by atoms with Crippen LogP contribution in [0.3, 0.4) is 0 Å². The second-order valence-corrected chi connectivity index (χ2v) is 6.25. The van der Waals surface area contributed by atoms with E-state index in [2.05, 4.69) is 15.5 Å². The third kappa shape index (κ3) is 3.73. The number of hydrogen-bond acceptors (Lipinski definition) is 2. The van der Waals surface area contributed by atoms with E-state index in [0.29, 0.717) is 12.1 Å². The van der Waals surface area contributed by atoms with Gasteiger partial charge in [-0.15, -0.1) is 0 Å². The maximum absolute atomic E-state index is 11.9. The molecule has 2 aliphatic rings. The number of thiocarbonyl (C=S) groups is 1. The van der Waals surface area contributed by atoms with Crippen LogP contribution < -0.4 is 10.6 Å². The molecular weight excluding hydrogens is 282 g/mol. The molecule has 1 amide bonds. The number of carbonyl (C=O) groups excluding carboxylic acids is 1. The molecule has 1 aromatic rings. The minimum absolute atomic E-state index is 0.0360. The number of nitrogens with zero attached hydrogens (tertiary/aromatic N) is 1. The van der Waals surface area contributed by atoms with Crippen molar-refractivity contribution in [1.29, 1.82) is 0 Å². The zero-order valence-corrected chi connectivity index (χ0v) is 13.1. The van der Waals surface area contributed by atoms with Crippen molar-refractivity contribution in [2.24, 2.45) is 0 Å². The van der Waals surface area contributed by atoms with E-state index in [9.17, 15) is 4.79 Å². The molecule has 0 radical (unpaired) electrons. The van der Waals surface area contributed by atoms with E-state index in [-0.39, 0.29) is 5.91 Å². The van der Waals surface area contributed by atoms with Crippen LogP contribution in [0.2, 0.25) is 0 Å². The van der Waals surface area contributed by atoms with Crippen LogP contribution in [-0.2, 0) is 6.54 Å². The molecule has 2 saturated carbocycles. The summed E-state index contributed by atoms with van der Waals surface area (Å²) in [5, 5.41) is 6.86. The van der Waals surface area contributed by atoms with Crippen molar-refractivity contribution in [3.8, 4) is 0 Å². The molecule has 5 heteroatoms. The average Bonchev–Trinajstić information content (AvgIpc) is 3.37. The summed E-state index contributed by atoms with van der Waals surface area (Å²) in [4.78, 5) is 14.2. The third-order valence-electron chi connectivity index (χ3n) is 3.94. The fourth-order valence-corrected chi connectivity index (χ4v) is 2.56. The summed E-state index contributed by atoms with van der Waals surface area (Å²) in [5.74, 6) is 0.0360. The van der Waals surface area contributed by atoms with Crippen LogP contribution in [0.25, 0.3) is 0 Å². The Morgan fingerprint density at radius 3 is 2.43 bits per heavy atom.